The Hall–Kier alpha value is -2.63. The Labute approximate surface area is 171 Å². The minimum atomic E-state index is -3.69. The molecule has 4 nitrogen and oxygen atoms in total. The van der Waals surface area contributed by atoms with Crippen LogP contribution in [0.5, 0.6) is 0 Å². The molecule has 0 saturated heterocycles. The van der Waals surface area contributed by atoms with Gasteiger partial charge in [0.15, 0.2) is 0 Å². The number of aromatic nitrogens is 1. The highest BCUT2D eigenvalue weighted by molar-refractivity contribution is 7.90. The number of nitrogens with zero attached hydrogens (tertiary/aromatic N) is 2. The second kappa shape index (κ2) is 6.44. The summed E-state index contributed by atoms with van der Waals surface area (Å²) in [5.74, 6) is 0. The zero-order valence-corrected chi connectivity index (χ0v) is 17.5. The molecule has 5 heteroatoms. The molecule has 0 bridgehead atoms. The van der Waals surface area contributed by atoms with Crippen molar-refractivity contribution in [2.75, 3.05) is 14.1 Å². The van der Waals surface area contributed by atoms with E-state index in [-0.39, 0.29) is 5.54 Å². The number of rotatable bonds is 5. The van der Waals surface area contributed by atoms with Crippen molar-refractivity contribution < 1.29 is 8.42 Å². The zero-order chi connectivity index (χ0) is 20.2. The minimum absolute atomic E-state index is 0.154. The van der Waals surface area contributed by atoms with Gasteiger partial charge in [0.1, 0.15) is 0 Å². The van der Waals surface area contributed by atoms with Crippen LogP contribution in [0.25, 0.3) is 21.7 Å². The van der Waals surface area contributed by atoms with Crippen molar-refractivity contribution in [1.29, 1.82) is 0 Å². The predicted molar refractivity (Wildman–Crippen MR) is 118 cm³/mol. The molecule has 1 aromatic heterocycles. The first kappa shape index (κ1) is 18.4. The van der Waals surface area contributed by atoms with E-state index < -0.39 is 10.0 Å². The normalized spacial score (nSPS) is 16.0. The van der Waals surface area contributed by atoms with Crippen molar-refractivity contribution in [2.24, 2.45) is 0 Å². The minimum Gasteiger partial charge on any atom is -0.303 e. The molecule has 5 rings (SSSR count). The van der Waals surface area contributed by atoms with Gasteiger partial charge in [0, 0.05) is 17.1 Å². The number of benzene rings is 3. The zero-order valence-electron chi connectivity index (χ0n) is 16.7. The summed E-state index contributed by atoms with van der Waals surface area (Å²) >= 11 is 0. The third kappa shape index (κ3) is 2.96. The van der Waals surface area contributed by atoms with Crippen LogP contribution < -0.4 is 0 Å². The van der Waals surface area contributed by atoms with Crippen LogP contribution in [0.3, 0.4) is 0 Å². The SMILES string of the molecule is CN(C)C1(Cc2cn(S(=O)(=O)c3ccc4ccccc4c3)c3ccccc23)CC1. The van der Waals surface area contributed by atoms with Gasteiger partial charge in [0.2, 0.25) is 0 Å². The Morgan fingerprint density at radius 1 is 0.931 bits per heavy atom. The molecule has 4 aromatic rings. The average Bonchev–Trinajstić information content (AvgIpc) is 3.42. The van der Waals surface area contributed by atoms with Crippen LogP contribution >= 0.6 is 0 Å². The lowest BCUT2D eigenvalue weighted by molar-refractivity contribution is 0.270. The molecule has 3 aromatic carbocycles. The second-order valence-corrected chi connectivity index (χ2v) is 10.1. The second-order valence-electron chi connectivity index (χ2n) is 8.28. The van der Waals surface area contributed by atoms with Crippen LogP contribution in [-0.2, 0) is 16.4 Å². The Morgan fingerprint density at radius 3 is 2.34 bits per heavy atom. The van der Waals surface area contributed by atoms with Gasteiger partial charge in [-0.05, 0) is 67.9 Å². The van der Waals surface area contributed by atoms with Crippen molar-refractivity contribution in [3.63, 3.8) is 0 Å². The highest BCUT2D eigenvalue weighted by atomic mass is 32.2. The van der Waals surface area contributed by atoms with Gasteiger partial charge in [0.05, 0.1) is 10.4 Å². The van der Waals surface area contributed by atoms with Gasteiger partial charge in [-0.1, -0.05) is 48.5 Å². The largest absolute Gasteiger partial charge is 0.303 e. The number of hydrogen-bond acceptors (Lipinski definition) is 3. The Kier molecular flexibility index (Phi) is 4.09. The molecule has 1 saturated carbocycles. The summed E-state index contributed by atoms with van der Waals surface area (Å²) in [4.78, 5) is 2.59. The van der Waals surface area contributed by atoms with Crippen LogP contribution in [0.2, 0.25) is 0 Å². The molecular formula is C24H24N2O2S. The number of hydrogen-bond donors (Lipinski definition) is 0. The van der Waals surface area contributed by atoms with E-state index in [9.17, 15) is 8.42 Å². The van der Waals surface area contributed by atoms with Crippen LogP contribution in [0, 0.1) is 0 Å². The number of para-hydroxylation sites is 1. The molecule has 0 amide bonds. The quantitative estimate of drug-likeness (QED) is 0.485. The first-order valence-corrected chi connectivity index (χ1v) is 11.4. The van der Waals surface area contributed by atoms with E-state index in [4.69, 9.17) is 0 Å². The standard InChI is InChI=1S/C24H24N2O2S/c1-25(2)24(13-14-24)16-20-17-26(23-10-6-5-9-22(20)23)29(27,28)21-12-11-18-7-3-4-8-19(18)15-21/h3-12,15,17H,13-14,16H2,1-2H3. The molecule has 0 radical (unpaired) electrons. The fourth-order valence-corrected chi connectivity index (χ4v) is 5.71. The Morgan fingerprint density at radius 2 is 1.62 bits per heavy atom. The van der Waals surface area contributed by atoms with Gasteiger partial charge in [-0.15, -0.1) is 0 Å². The number of likely N-dealkylation sites (N-methyl/N-ethyl adjacent to an activating group) is 1. The Bertz CT molecular complexity index is 1330. The summed E-state index contributed by atoms with van der Waals surface area (Å²) in [5, 5.41) is 2.98. The molecule has 0 N–H and O–H groups in total. The van der Waals surface area contributed by atoms with Crippen LogP contribution in [-0.4, -0.2) is 36.9 Å². The van der Waals surface area contributed by atoms with Crippen molar-refractivity contribution in [2.45, 2.75) is 29.7 Å². The molecule has 0 unspecified atom stereocenters. The van der Waals surface area contributed by atoms with E-state index in [2.05, 4.69) is 19.0 Å². The van der Waals surface area contributed by atoms with E-state index in [0.29, 0.717) is 4.90 Å². The van der Waals surface area contributed by atoms with E-state index in [1.54, 1.807) is 12.1 Å². The molecule has 0 aliphatic heterocycles. The smallest absolute Gasteiger partial charge is 0.268 e. The maximum absolute atomic E-state index is 13.6. The highest BCUT2D eigenvalue weighted by Crippen LogP contribution is 2.44. The molecule has 29 heavy (non-hydrogen) atoms. The molecule has 1 fully saturated rings. The first-order valence-electron chi connectivity index (χ1n) is 9.92. The van der Waals surface area contributed by atoms with Crippen LogP contribution in [0.1, 0.15) is 18.4 Å². The van der Waals surface area contributed by atoms with Crippen LogP contribution in [0.15, 0.2) is 77.8 Å². The lowest BCUT2D eigenvalue weighted by Gasteiger charge is -2.23. The summed E-state index contributed by atoms with van der Waals surface area (Å²) in [5.41, 5.74) is 1.99. The fourth-order valence-electron chi connectivity index (χ4n) is 4.28. The predicted octanol–water partition coefficient (Wildman–Crippen LogP) is 4.67. The molecule has 0 spiro atoms. The monoisotopic (exact) mass is 404 g/mol. The van der Waals surface area contributed by atoms with Gasteiger partial charge < -0.3 is 4.90 Å². The summed E-state index contributed by atoms with van der Waals surface area (Å²) in [6.07, 6.45) is 4.99. The van der Waals surface area contributed by atoms with Crippen molar-refractivity contribution in [3.05, 3.63) is 78.5 Å². The molecule has 0 atom stereocenters. The molecular weight excluding hydrogens is 380 g/mol. The Balaban J connectivity index is 1.65. The van der Waals surface area contributed by atoms with E-state index in [1.165, 1.54) is 3.97 Å². The fraction of sp³-hybridized carbons (Fsp3) is 0.250. The van der Waals surface area contributed by atoms with Crippen molar-refractivity contribution in [1.82, 2.24) is 8.87 Å². The van der Waals surface area contributed by atoms with Gasteiger partial charge in [-0.2, -0.15) is 0 Å². The van der Waals surface area contributed by atoms with Gasteiger partial charge in [0.25, 0.3) is 10.0 Å². The summed E-state index contributed by atoms with van der Waals surface area (Å²) in [6, 6.07) is 21.0. The highest BCUT2D eigenvalue weighted by Gasteiger charge is 2.45. The average molecular weight is 405 g/mol. The summed E-state index contributed by atoms with van der Waals surface area (Å²) < 4.78 is 28.6. The van der Waals surface area contributed by atoms with Gasteiger partial charge in [-0.25, -0.2) is 12.4 Å². The van der Waals surface area contributed by atoms with E-state index in [1.807, 2.05) is 60.8 Å². The summed E-state index contributed by atoms with van der Waals surface area (Å²) in [6.45, 7) is 0. The molecule has 1 heterocycles. The van der Waals surface area contributed by atoms with Crippen molar-refractivity contribution in [3.8, 4) is 0 Å². The maximum atomic E-state index is 13.6. The van der Waals surface area contributed by atoms with E-state index in [0.717, 1.165) is 46.5 Å². The first-order chi connectivity index (χ1) is 13.9. The topological polar surface area (TPSA) is 42.3 Å². The lowest BCUT2D eigenvalue weighted by Crippen LogP contribution is -2.32. The van der Waals surface area contributed by atoms with Gasteiger partial charge in [-0.3, -0.25) is 0 Å². The number of fused-ring (bicyclic) bond motifs is 2. The lowest BCUT2D eigenvalue weighted by atomic mass is 10.0. The van der Waals surface area contributed by atoms with Crippen LogP contribution in [0.4, 0.5) is 0 Å². The summed E-state index contributed by atoms with van der Waals surface area (Å²) in [7, 11) is 0.530. The molecule has 1 aliphatic rings. The molecule has 1 aliphatic carbocycles. The third-order valence-electron chi connectivity index (χ3n) is 6.33. The molecule has 148 valence electrons. The third-order valence-corrected chi connectivity index (χ3v) is 8.00. The van der Waals surface area contributed by atoms with E-state index >= 15 is 0 Å². The van der Waals surface area contributed by atoms with Gasteiger partial charge >= 0.3 is 0 Å². The van der Waals surface area contributed by atoms with Crippen molar-refractivity contribution >= 4 is 31.7 Å². The maximum Gasteiger partial charge on any atom is 0.268 e.